The second-order valence-electron chi connectivity index (χ2n) is 8.74. The zero-order valence-electron chi connectivity index (χ0n) is 20.5. The average molecular weight is 586 g/mol. The maximum Gasteiger partial charge on any atom is 0.338 e. The summed E-state index contributed by atoms with van der Waals surface area (Å²) in [5.41, 5.74) is 1.70. The summed E-state index contributed by atoms with van der Waals surface area (Å²) >= 11 is 4.28. The monoisotopic (exact) mass is 585 g/mol. The van der Waals surface area contributed by atoms with Crippen LogP contribution in [-0.4, -0.2) is 27.2 Å². The van der Waals surface area contributed by atoms with Crippen molar-refractivity contribution < 1.29 is 19.6 Å². The number of thiazole rings is 1. The topological polar surface area (TPSA) is 124 Å². The summed E-state index contributed by atoms with van der Waals surface area (Å²) < 4.78 is 7.31. The first-order valence-corrected chi connectivity index (χ1v) is 13.1. The van der Waals surface area contributed by atoms with Crippen LogP contribution in [0.15, 0.2) is 61.9 Å². The molecule has 0 saturated carbocycles. The number of benzene rings is 2. The van der Waals surface area contributed by atoms with Gasteiger partial charge >= 0.3 is 11.7 Å². The van der Waals surface area contributed by atoms with Gasteiger partial charge in [0.2, 0.25) is 5.75 Å². The summed E-state index contributed by atoms with van der Waals surface area (Å²) in [6.45, 7) is 7.73. The van der Waals surface area contributed by atoms with Crippen LogP contribution in [-0.2, 0) is 9.53 Å². The number of phenolic OH excluding ortho intramolecular Hbond substituents is 1. The number of halogens is 1. The summed E-state index contributed by atoms with van der Waals surface area (Å²) in [6, 6.07) is 9.60. The first-order valence-electron chi connectivity index (χ1n) is 11.5. The smallest absolute Gasteiger partial charge is 0.338 e. The molecule has 0 aliphatic carbocycles. The van der Waals surface area contributed by atoms with E-state index in [0.717, 1.165) is 22.5 Å². The highest BCUT2D eigenvalue weighted by Crippen LogP contribution is 2.34. The molecule has 2 heterocycles. The number of carbonyl (C=O) groups is 1. The Morgan fingerprint density at radius 3 is 2.59 bits per heavy atom. The molecule has 9 nitrogen and oxygen atoms in total. The lowest BCUT2D eigenvalue weighted by atomic mass is 9.93. The van der Waals surface area contributed by atoms with Gasteiger partial charge in [-0.05, 0) is 43.0 Å². The van der Waals surface area contributed by atoms with Crippen LogP contribution in [0.4, 0.5) is 5.69 Å². The van der Waals surface area contributed by atoms with Gasteiger partial charge < -0.3 is 9.84 Å². The molecule has 0 radical (unpaired) electrons. The van der Waals surface area contributed by atoms with Crippen molar-refractivity contribution in [1.29, 1.82) is 0 Å². The highest BCUT2D eigenvalue weighted by Gasteiger charge is 2.33. The molecule has 11 heteroatoms. The van der Waals surface area contributed by atoms with Gasteiger partial charge in [-0.25, -0.2) is 9.79 Å². The van der Waals surface area contributed by atoms with Crippen LogP contribution in [0.2, 0.25) is 0 Å². The Morgan fingerprint density at radius 2 is 2.00 bits per heavy atom. The van der Waals surface area contributed by atoms with Crippen LogP contribution in [0.1, 0.15) is 56.3 Å². The second-order valence-corrected chi connectivity index (χ2v) is 10.7. The number of fused-ring (bicyclic) bond motifs is 1. The maximum atomic E-state index is 13.7. The first kappa shape index (κ1) is 26.5. The quantitative estimate of drug-likeness (QED) is 0.261. The zero-order valence-corrected chi connectivity index (χ0v) is 22.9. The molecule has 192 valence electrons. The highest BCUT2D eigenvalue weighted by atomic mass is 79.9. The van der Waals surface area contributed by atoms with E-state index in [2.05, 4.69) is 34.8 Å². The lowest BCUT2D eigenvalue weighted by Gasteiger charge is -2.25. The number of aromatic hydroxyl groups is 1. The first-order chi connectivity index (χ1) is 17.5. The van der Waals surface area contributed by atoms with Crippen molar-refractivity contribution in [1.82, 2.24) is 4.57 Å². The minimum absolute atomic E-state index is 0.102. The van der Waals surface area contributed by atoms with E-state index < -0.39 is 33.9 Å². The molecule has 4 rings (SSSR count). The van der Waals surface area contributed by atoms with Gasteiger partial charge in [-0.1, -0.05) is 65.4 Å². The lowest BCUT2D eigenvalue weighted by molar-refractivity contribution is -0.385. The van der Waals surface area contributed by atoms with E-state index in [-0.39, 0.29) is 22.3 Å². The second kappa shape index (κ2) is 10.4. The number of allylic oxidation sites excluding steroid dienone is 1. The normalized spacial score (nSPS) is 15.5. The third-order valence-electron chi connectivity index (χ3n) is 6.00. The third kappa shape index (κ3) is 5.01. The van der Waals surface area contributed by atoms with E-state index in [1.165, 1.54) is 22.8 Å². The highest BCUT2D eigenvalue weighted by molar-refractivity contribution is 9.10. The van der Waals surface area contributed by atoms with Gasteiger partial charge in [-0.3, -0.25) is 19.5 Å². The van der Waals surface area contributed by atoms with E-state index in [4.69, 9.17) is 4.74 Å². The predicted molar refractivity (Wildman–Crippen MR) is 143 cm³/mol. The van der Waals surface area contributed by atoms with Crippen molar-refractivity contribution in [2.45, 2.75) is 39.7 Å². The maximum absolute atomic E-state index is 13.7. The van der Waals surface area contributed by atoms with Gasteiger partial charge in [-0.15, -0.1) is 0 Å². The number of phenols is 1. The summed E-state index contributed by atoms with van der Waals surface area (Å²) in [6.07, 6.45) is 1.39. The van der Waals surface area contributed by atoms with Crippen LogP contribution in [0.25, 0.3) is 6.08 Å². The van der Waals surface area contributed by atoms with E-state index in [9.17, 15) is 24.8 Å². The molecule has 0 unspecified atom stereocenters. The molecule has 2 aromatic carbocycles. The predicted octanol–water partition coefficient (Wildman–Crippen LogP) is 4.30. The Hall–Kier alpha value is -3.57. The van der Waals surface area contributed by atoms with Crippen LogP contribution >= 0.6 is 27.3 Å². The minimum Gasteiger partial charge on any atom is -0.502 e. The van der Waals surface area contributed by atoms with E-state index in [0.29, 0.717) is 20.9 Å². The van der Waals surface area contributed by atoms with Crippen LogP contribution in [0.3, 0.4) is 0 Å². The number of nitro groups is 1. The number of ether oxygens (including phenoxy) is 1. The Morgan fingerprint density at radius 1 is 1.32 bits per heavy atom. The van der Waals surface area contributed by atoms with Crippen molar-refractivity contribution in [2.24, 2.45) is 4.99 Å². The Kier molecular flexibility index (Phi) is 7.47. The standard InChI is InChI=1S/C26H24BrN3O6S/c1-5-36-25(33)21-14(4)28-26-29(22(21)16-8-6-15(7-9-16)13(2)3)24(32)20(37-26)11-17-10-18(27)12-19(23(17)31)30(34)35/h6-13,22,31H,5H2,1-4H3/b20-11-/t22-/m1/s1. The van der Waals surface area contributed by atoms with Crippen molar-refractivity contribution in [3.05, 3.63) is 98.6 Å². The number of nitro benzene ring substituents is 1. The fourth-order valence-electron chi connectivity index (χ4n) is 4.17. The molecule has 3 aromatic rings. The molecule has 1 N–H and O–H groups in total. The lowest BCUT2D eigenvalue weighted by Crippen LogP contribution is -2.39. The van der Waals surface area contributed by atoms with Crippen molar-refractivity contribution in [3.8, 4) is 5.75 Å². The fourth-order valence-corrected chi connectivity index (χ4v) is 5.67. The molecule has 1 aliphatic heterocycles. The number of nitrogens with zero attached hydrogens (tertiary/aromatic N) is 3. The molecule has 0 fully saturated rings. The number of hydrogen-bond donors (Lipinski definition) is 1. The molecule has 1 aromatic heterocycles. The number of esters is 1. The summed E-state index contributed by atoms with van der Waals surface area (Å²) in [7, 11) is 0. The Balaban J connectivity index is 1.97. The number of hydrogen-bond acceptors (Lipinski definition) is 8. The molecular formula is C26H24BrN3O6S. The molecule has 1 atom stereocenters. The van der Waals surface area contributed by atoms with Gasteiger partial charge in [0.1, 0.15) is 0 Å². The minimum atomic E-state index is -0.774. The molecule has 0 saturated heterocycles. The Labute approximate surface area is 224 Å². The van der Waals surface area contributed by atoms with Crippen molar-refractivity contribution in [2.75, 3.05) is 6.61 Å². The average Bonchev–Trinajstić information content (AvgIpc) is 3.14. The Bertz CT molecular complexity index is 1620. The summed E-state index contributed by atoms with van der Waals surface area (Å²) in [4.78, 5) is 42.2. The molecule has 37 heavy (non-hydrogen) atoms. The third-order valence-corrected chi connectivity index (χ3v) is 7.44. The van der Waals surface area contributed by atoms with Gasteiger partial charge in [0.15, 0.2) is 4.80 Å². The fraction of sp³-hybridized carbons (Fsp3) is 0.269. The van der Waals surface area contributed by atoms with Gasteiger partial charge in [-0.2, -0.15) is 0 Å². The van der Waals surface area contributed by atoms with Crippen molar-refractivity contribution >= 4 is 45.0 Å². The SMILES string of the molecule is CCOC(=O)C1=C(C)N=c2s/c(=C\c3cc(Br)cc([N+](=O)[O-])c3O)c(=O)n2[C@@H]1c1ccc(C(C)C)cc1. The largest absolute Gasteiger partial charge is 0.502 e. The zero-order chi connectivity index (χ0) is 27.0. The van der Waals surface area contributed by atoms with E-state index in [1.54, 1.807) is 13.8 Å². The van der Waals surface area contributed by atoms with Crippen LogP contribution in [0.5, 0.6) is 5.75 Å². The van der Waals surface area contributed by atoms with E-state index >= 15 is 0 Å². The van der Waals surface area contributed by atoms with Crippen LogP contribution < -0.4 is 14.9 Å². The molecule has 0 bridgehead atoms. The molecule has 0 amide bonds. The van der Waals surface area contributed by atoms with E-state index in [1.807, 2.05) is 24.3 Å². The van der Waals surface area contributed by atoms with Crippen molar-refractivity contribution in [3.63, 3.8) is 0 Å². The molecule has 0 spiro atoms. The number of rotatable bonds is 6. The van der Waals surface area contributed by atoms with Crippen LogP contribution in [0, 0.1) is 10.1 Å². The van der Waals surface area contributed by atoms with Gasteiger partial charge in [0.05, 0.1) is 33.4 Å². The number of carbonyl (C=O) groups excluding carboxylic acids is 1. The molecule has 1 aliphatic rings. The van der Waals surface area contributed by atoms with Gasteiger partial charge in [0.25, 0.3) is 5.56 Å². The summed E-state index contributed by atoms with van der Waals surface area (Å²) in [5, 5.41) is 21.8. The van der Waals surface area contributed by atoms with Gasteiger partial charge in [0, 0.05) is 16.1 Å². The summed E-state index contributed by atoms with van der Waals surface area (Å²) in [5.74, 6) is -0.806. The molecular weight excluding hydrogens is 562 g/mol. The number of aromatic nitrogens is 1.